The highest BCUT2D eigenvalue weighted by Crippen LogP contribution is 2.48. The first-order valence-corrected chi connectivity index (χ1v) is 10.0. The van der Waals surface area contributed by atoms with Crippen LogP contribution < -0.4 is 10.6 Å². The molecule has 1 fully saturated rings. The van der Waals surface area contributed by atoms with Crippen molar-refractivity contribution in [2.45, 2.75) is 24.7 Å². The van der Waals surface area contributed by atoms with E-state index in [1.807, 2.05) is 30.3 Å². The summed E-state index contributed by atoms with van der Waals surface area (Å²) in [5.41, 5.74) is 1.79. The number of guanidine groups is 1. The van der Waals surface area contributed by atoms with E-state index in [1.54, 1.807) is 20.2 Å². The van der Waals surface area contributed by atoms with E-state index in [-0.39, 0.29) is 23.7 Å². The van der Waals surface area contributed by atoms with Gasteiger partial charge in [-0.2, -0.15) is 0 Å². The smallest absolute Gasteiger partial charge is 0.243 e. The zero-order chi connectivity index (χ0) is 20.7. The number of halogens is 1. The van der Waals surface area contributed by atoms with Crippen LogP contribution in [0, 0.1) is 5.82 Å². The Kier molecular flexibility index (Phi) is 6.86. The monoisotopic (exact) mass is 396 g/mol. The lowest BCUT2D eigenvalue weighted by molar-refractivity contribution is -0.127. The Bertz CT molecular complexity index is 847. The number of rotatable bonds is 8. The first-order chi connectivity index (χ1) is 14.0. The van der Waals surface area contributed by atoms with E-state index >= 15 is 0 Å². The SMILES string of the molecule is CN(C)C(=O)CN=C(NCCc1ccccc1)NCC1(c2ccccc2F)CC1. The van der Waals surface area contributed by atoms with Crippen molar-refractivity contribution < 1.29 is 9.18 Å². The van der Waals surface area contributed by atoms with Gasteiger partial charge in [-0.1, -0.05) is 48.5 Å². The lowest BCUT2D eigenvalue weighted by Gasteiger charge is -2.20. The van der Waals surface area contributed by atoms with E-state index in [0.29, 0.717) is 19.0 Å². The Morgan fingerprint density at radius 1 is 1.07 bits per heavy atom. The van der Waals surface area contributed by atoms with Crippen LogP contribution in [0.15, 0.2) is 59.6 Å². The average molecular weight is 397 g/mol. The molecule has 2 aromatic carbocycles. The normalized spacial score (nSPS) is 14.9. The second-order valence-corrected chi connectivity index (χ2v) is 7.73. The van der Waals surface area contributed by atoms with Gasteiger partial charge >= 0.3 is 0 Å². The Morgan fingerprint density at radius 2 is 1.76 bits per heavy atom. The van der Waals surface area contributed by atoms with Crippen molar-refractivity contribution >= 4 is 11.9 Å². The van der Waals surface area contributed by atoms with Gasteiger partial charge in [-0.15, -0.1) is 0 Å². The van der Waals surface area contributed by atoms with Gasteiger partial charge in [0.1, 0.15) is 12.4 Å². The molecule has 0 atom stereocenters. The molecule has 5 nitrogen and oxygen atoms in total. The van der Waals surface area contributed by atoms with Crippen LogP contribution in [0.1, 0.15) is 24.0 Å². The Balaban J connectivity index is 1.62. The molecular formula is C23H29FN4O. The number of carbonyl (C=O) groups excluding carboxylic acids is 1. The number of likely N-dealkylation sites (N-methyl/N-ethyl adjacent to an activating group) is 1. The van der Waals surface area contributed by atoms with Crippen molar-refractivity contribution in [3.05, 3.63) is 71.5 Å². The third-order valence-corrected chi connectivity index (χ3v) is 5.31. The molecule has 0 saturated heterocycles. The van der Waals surface area contributed by atoms with Crippen LogP contribution >= 0.6 is 0 Å². The van der Waals surface area contributed by atoms with E-state index in [9.17, 15) is 9.18 Å². The highest BCUT2D eigenvalue weighted by Gasteiger charge is 2.45. The maximum absolute atomic E-state index is 14.3. The minimum absolute atomic E-state index is 0.0654. The number of hydrogen-bond donors (Lipinski definition) is 2. The van der Waals surface area contributed by atoms with Crippen LogP contribution in [0.3, 0.4) is 0 Å². The molecule has 2 aromatic rings. The summed E-state index contributed by atoms with van der Waals surface area (Å²) in [5, 5.41) is 6.63. The number of aliphatic imine (C=N–C) groups is 1. The maximum atomic E-state index is 14.3. The van der Waals surface area contributed by atoms with Gasteiger partial charge in [-0.05, 0) is 36.5 Å². The Hall–Kier alpha value is -2.89. The summed E-state index contributed by atoms with van der Waals surface area (Å²) in [6, 6.07) is 17.2. The summed E-state index contributed by atoms with van der Waals surface area (Å²) in [7, 11) is 3.43. The number of nitrogens with zero attached hydrogens (tertiary/aromatic N) is 2. The molecule has 0 heterocycles. The number of nitrogens with one attached hydrogen (secondary N) is 2. The summed E-state index contributed by atoms with van der Waals surface area (Å²) in [5.74, 6) is 0.355. The predicted molar refractivity (Wildman–Crippen MR) is 114 cm³/mol. The first kappa shape index (κ1) is 20.8. The minimum atomic E-state index is -0.196. The summed E-state index contributed by atoms with van der Waals surface area (Å²) >= 11 is 0. The third kappa shape index (κ3) is 5.79. The van der Waals surface area contributed by atoms with E-state index < -0.39 is 0 Å². The van der Waals surface area contributed by atoms with Crippen molar-refractivity contribution in [2.24, 2.45) is 4.99 Å². The summed E-state index contributed by atoms with van der Waals surface area (Å²) < 4.78 is 14.3. The fraction of sp³-hybridized carbons (Fsp3) is 0.391. The van der Waals surface area contributed by atoms with Crippen molar-refractivity contribution in [2.75, 3.05) is 33.7 Å². The predicted octanol–water partition coefficient (Wildman–Crippen LogP) is 2.72. The van der Waals surface area contributed by atoms with Crippen LogP contribution in [-0.2, 0) is 16.6 Å². The standard InChI is InChI=1S/C23H29FN4O/c1-28(2)21(29)16-26-22(25-15-12-18-8-4-3-5-9-18)27-17-23(13-14-23)19-10-6-7-11-20(19)24/h3-11H,12-17H2,1-2H3,(H2,25,26,27). The Morgan fingerprint density at radius 3 is 2.41 bits per heavy atom. The second-order valence-electron chi connectivity index (χ2n) is 7.73. The molecule has 3 rings (SSSR count). The quantitative estimate of drug-likeness (QED) is 0.533. The van der Waals surface area contributed by atoms with Crippen molar-refractivity contribution in [1.82, 2.24) is 15.5 Å². The van der Waals surface area contributed by atoms with Gasteiger partial charge in [0.05, 0.1) is 0 Å². The lowest BCUT2D eigenvalue weighted by atomic mass is 9.95. The van der Waals surface area contributed by atoms with E-state index in [2.05, 4.69) is 27.8 Å². The van der Waals surface area contributed by atoms with E-state index in [1.165, 1.54) is 16.5 Å². The number of benzene rings is 2. The van der Waals surface area contributed by atoms with Gasteiger partial charge in [-0.3, -0.25) is 4.79 Å². The lowest BCUT2D eigenvalue weighted by Crippen LogP contribution is -2.43. The van der Waals surface area contributed by atoms with Crippen molar-refractivity contribution in [1.29, 1.82) is 0 Å². The van der Waals surface area contributed by atoms with Crippen LogP contribution in [0.4, 0.5) is 4.39 Å². The maximum Gasteiger partial charge on any atom is 0.243 e. The number of carbonyl (C=O) groups is 1. The molecule has 1 amide bonds. The zero-order valence-corrected chi connectivity index (χ0v) is 17.1. The molecule has 2 N–H and O–H groups in total. The van der Waals surface area contributed by atoms with Gasteiger partial charge in [0, 0.05) is 32.6 Å². The molecular weight excluding hydrogens is 367 g/mol. The molecule has 1 aliphatic carbocycles. The highest BCUT2D eigenvalue weighted by molar-refractivity contribution is 5.84. The molecule has 1 aliphatic rings. The highest BCUT2D eigenvalue weighted by atomic mass is 19.1. The molecule has 0 bridgehead atoms. The zero-order valence-electron chi connectivity index (χ0n) is 17.1. The molecule has 0 radical (unpaired) electrons. The average Bonchev–Trinajstić information content (AvgIpc) is 3.51. The van der Waals surface area contributed by atoms with Gasteiger partial charge in [0.2, 0.25) is 5.91 Å². The van der Waals surface area contributed by atoms with Crippen LogP contribution in [0.5, 0.6) is 0 Å². The van der Waals surface area contributed by atoms with Gasteiger partial charge < -0.3 is 15.5 Å². The van der Waals surface area contributed by atoms with Crippen LogP contribution in [-0.4, -0.2) is 50.5 Å². The topological polar surface area (TPSA) is 56.7 Å². The minimum Gasteiger partial charge on any atom is -0.356 e. The van der Waals surface area contributed by atoms with Crippen molar-refractivity contribution in [3.63, 3.8) is 0 Å². The summed E-state index contributed by atoms with van der Waals surface area (Å²) in [6.07, 6.45) is 2.73. The fourth-order valence-corrected chi connectivity index (χ4v) is 3.27. The third-order valence-electron chi connectivity index (χ3n) is 5.31. The molecule has 0 unspecified atom stereocenters. The van der Waals surface area contributed by atoms with E-state index in [4.69, 9.17) is 0 Å². The molecule has 0 spiro atoms. The molecule has 154 valence electrons. The fourth-order valence-electron chi connectivity index (χ4n) is 3.27. The molecule has 0 aromatic heterocycles. The number of hydrogen-bond acceptors (Lipinski definition) is 2. The molecule has 0 aliphatic heterocycles. The van der Waals surface area contributed by atoms with Gasteiger partial charge in [0.15, 0.2) is 5.96 Å². The molecule has 29 heavy (non-hydrogen) atoms. The van der Waals surface area contributed by atoms with Crippen LogP contribution in [0.25, 0.3) is 0 Å². The molecule has 6 heteroatoms. The first-order valence-electron chi connectivity index (χ1n) is 10.0. The summed E-state index contributed by atoms with van der Waals surface area (Å²) in [4.78, 5) is 17.9. The van der Waals surface area contributed by atoms with Gasteiger partial charge in [0.25, 0.3) is 0 Å². The number of amides is 1. The second kappa shape index (κ2) is 9.54. The van der Waals surface area contributed by atoms with E-state index in [0.717, 1.165) is 24.8 Å². The Labute approximate surface area is 172 Å². The summed E-state index contributed by atoms with van der Waals surface area (Å²) in [6.45, 7) is 1.35. The van der Waals surface area contributed by atoms with Crippen LogP contribution in [0.2, 0.25) is 0 Å². The van der Waals surface area contributed by atoms with Gasteiger partial charge in [-0.25, -0.2) is 9.38 Å². The largest absolute Gasteiger partial charge is 0.356 e. The molecule has 1 saturated carbocycles. The van der Waals surface area contributed by atoms with Crippen molar-refractivity contribution in [3.8, 4) is 0 Å².